The quantitative estimate of drug-likeness (QED) is 0.789. The molecule has 20 heavy (non-hydrogen) atoms. The minimum atomic E-state index is -0.903. The number of carbonyl (C=O) groups excluding carboxylic acids is 1. The Morgan fingerprint density at radius 2 is 1.95 bits per heavy atom. The van der Waals surface area contributed by atoms with E-state index >= 15 is 0 Å². The monoisotopic (exact) mass is 271 g/mol. The van der Waals surface area contributed by atoms with Crippen LogP contribution in [-0.2, 0) is 9.59 Å². The van der Waals surface area contributed by atoms with Crippen LogP contribution >= 0.6 is 0 Å². The highest BCUT2D eigenvalue weighted by molar-refractivity contribution is 5.98. The van der Waals surface area contributed by atoms with Gasteiger partial charge >= 0.3 is 5.97 Å². The van der Waals surface area contributed by atoms with Crippen LogP contribution in [0.5, 0.6) is 0 Å². The van der Waals surface area contributed by atoms with E-state index in [9.17, 15) is 9.59 Å². The molecule has 6 heteroatoms. The molecule has 3 N–H and O–H groups in total. The highest BCUT2D eigenvalue weighted by Gasteiger charge is 2.48. The van der Waals surface area contributed by atoms with Gasteiger partial charge in [-0.3, -0.25) is 14.7 Å². The summed E-state index contributed by atoms with van der Waals surface area (Å²) >= 11 is 0. The molecule has 1 aromatic carbocycles. The number of carboxylic acid groups (broad SMARTS) is 1. The first-order valence-electron chi connectivity index (χ1n) is 6.28. The van der Waals surface area contributed by atoms with Crippen molar-refractivity contribution in [3.63, 3.8) is 0 Å². The number of aromatic nitrogens is 2. The number of rotatable bonds is 4. The lowest BCUT2D eigenvalue weighted by atomic mass is 10.1. The van der Waals surface area contributed by atoms with E-state index in [1.54, 1.807) is 18.3 Å². The third-order valence-electron chi connectivity index (χ3n) is 3.41. The standard InChI is InChI=1S/C14H13N3O3/c18-13(10-7-11(10)14(19)20)16-9-3-1-8(2-4-9)12-5-6-15-17-12/h1-6,10-11H,7H2,(H,15,17)(H,16,18)(H,19,20)/t10-,11+/m1/s1. The Bertz CT molecular complexity index is 634. The summed E-state index contributed by atoms with van der Waals surface area (Å²) in [6.07, 6.45) is 2.09. The minimum Gasteiger partial charge on any atom is -0.481 e. The van der Waals surface area contributed by atoms with Gasteiger partial charge in [-0.1, -0.05) is 12.1 Å². The SMILES string of the molecule is O=C(O)[C@H]1C[C@H]1C(=O)Nc1ccc(-c2ccn[nH]2)cc1. The van der Waals surface area contributed by atoms with Crippen LogP contribution in [0, 0.1) is 11.8 Å². The summed E-state index contributed by atoms with van der Waals surface area (Å²) in [5.41, 5.74) is 2.53. The van der Waals surface area contributed by atoms with Gasteiger partial charge < -0.3 is 10.4 Å². The molecule has 1 fully saturated rings. The summed E-state index contributed by atoms with van der Waals surface area (Å²) < 4.78 is 0. The number of nitrogens with one attached hydrogen (secondary N) is 2. The summed E-state index contributed by atoms with van der Waals surface area (Å²) in [6, 6.07) is 9.16. The number of amides is 1. The van der Waals surface area contributed by atoms with Crippen molar-refractivity contribution in [2.45, 2.75) is 6.42 Å². The van der Waals surface area contributed by atoms with E-state index < -0.39 is 17.8 Å². The van der Waals surface area contributed by atoms with Crippen LogP contribution in [0.25, 0.3) is 11.3 Å². The molecule has 1 amide bonds. The smallest absolute Gasteiger partial charge is 0.307 e. The van der Waals surface area contributed by atoms with Gasteiger partial charge in [0.2, 0.25) is 5.91 Å². The van der Waals surface area contributed by atoms with E-state index in [-0.39, 0.29) is 5.91 Å². The minimum absolute atomic E-state index is 0.230. The van der Waals surface area contributed by atoms with E-state index in [1.165, 1.54) is 0 Å². The summed E-state index contributed by atoms with van der Waals surface area (Å²) in [4.78, 5) is 22.5. The maximum absolute atomic E-state index is 11.8. The van der Waals surface area contributed by atoms with Crippen molar-refractivity contribution < 1.29 is 14.7 Å². The third kappa shape index (κ3) is 2.40. The Morgan fingerprint density at radius 3 is 2.50 bits per heavy atom. The molecule has 1 aromatic heterocycles. The topological polar surface area (TPSA) is 95.1 Å². The zero-order chi connectivity index (χ0) is 14.1. The highest BCUT2D eigenvalue weighted by atomic mass is 16.4. The predicted octanol–water partition coefficient (Wildman–Crippen LogP) is 1.74. The number of anilines is 1. The van der Waals surface area contributed by atoms with Crippen LogP contribution in [0.4, 0.5) is 5.69 Å². The van der Waals surface area contributed by atoms with Crippen LogP contribution in [0.3, 0.4) is 0 Å². The van der Waals surface area contributed by atoms with Crippen LogP contribution in [0.1, 0.15) is 6.42 Å². The summed E-state index contributed by atoms with van der Waals surface area (Å²) in [6.45, 7) is 0. The maximum atomic E-state index is 11.8. The second-order valence-corrected chi connectivity index (χ2v) is 4.82. The summed E-state index contributed by atoms with van der Waals surface area (Å²) in [5.74, 6) is -2.06. The first kappa shape index (κ1) is 12.4. The number of hydrogen-bond acceptors (Lipinski definition) is 3. The van der Waals surface area contributed by atoms with Gasteiger partial charge in [0.25, 0.3) is 0 Å². The van der Waals surface area contributed by atoms with Gasteiger partial charge in [-0.15, -0.1) is 0 Å². The molecule has 1 aliphatic rings. The first-order chi connectivity index (χ1) is 9.65. The average Bonchev–Trinajstić information content (AvgIpc) is 3.07. The predicted molar refractivity (Wildman–Crippen MR) is 71.9 cm³/mol. The Kier molecular flexibility index (Phi) is 2.98. The lowest BCUT2D eigenvalue weighted by Gasteiger charge is -2.05. The Hall–Kier alpha value is -2.63. The molecule has 1 aliphatic carbocycles. The largest absolute Gasteiger partial charge is 0.481 e. The van der Waals surface area contributed by atoms with E-state index in [2.05, 4.69) is 15.5 Å². The van der Waals surface area contributed by atoms with Crippen LogP contribution in [0.2, 0.25) is 0 Å². The molecule has 0 aliphatic heterocycles. The molecule has 2 aromatic rings. The van der Waals surface area contributed by atoms with Gasteiger partial charge in [0.1, 0.15) is 0 Å². The Morgan fingerprint density at radius 1 is 1.20 bits per heavy atom. The fourth-order valence-electron chi connectivity index (χ4n) is 2.14. The molecule has 0 radical (unpaired) electrons. The van der Waals surface area contributed by atoms with Gasteiger partial charge in [-0.25, -0.2) is 0 Å². The fourth-order valence-corrected chi connectivity index (χ4v) is 2.14. The number of aliphatic carboxylic acids is 1. The maximum Gasteiger partial charge on any atom is 0.307 e. The van der Waals surface area contributed by atoms with Crippen LogP contribution in [0.15, 0.2) is 36.5 Å². The second-order valence-electron chi connectivity index (χ2n) is 4.82. The lowest BCUT2D eigenvalue weighted by molar-refractivity contribution is -0.139. The highest BCUT2D eigenvalue weighted by Crippen LogP contribution is 2.39. The molecular weight excluding hydrogens is 258 g/mol. The molecule has 1 saturated carbocycles. The van der Waals surface area contributed by atoms with Gasteiger partial charge in [0.15, 0.2) is 0 Å². The van der Waals surface area contributed by atoms with Crippen molar-refractivity contribution >= 4 is 17.6 Å². The number of carboxylic acids is 1. The average molecular weight is 271 g/mol. The number of carbonyl (C=O) groups is 2. The van der Waals surface area contributed by atoms with E-state index in [1.807, 2.05) is 18.2 Å². The third-order valence-corrected chi connectivity index (χ3v) is 3.41. The summed E-state index contributed by atoms with van der Waals surface area (Å²) in [5, 5.41) is 18.3. The fraction of sp³-hybridized carbons (Fsp3) is 0.214. The van der Waals surface area contributed by atoms with Crippen LogP contribution < -0.4 is 5.32 Å². The molecule has 6 nitrogen and oxygen atoms in total. The molecule has 102 valence electrons. The first-order valence-corrected chi connectivity index (χ1v) is 6.28. The van der Waals surface area contributed by atoms with E-state index in [0.717, 1.165) is 11.3 Å². The second kappa shape index (κ2) is 4.80. The number of H-pyrrole nitrogens is 1. The number of hydrogen-bond donors (Lipinski definition) is 3. The Balaban J connectivity index is 1.64. The van der Waals surface area contributed by atoms with Crippen LogP contribution in [-0.4, -0.2) is 27.2 Å². The molecule has 0 unspecified atom stereocenters. The van der Waals surface area contributed by atoms with Crippen molar-refractivity contribution in [3.8, 4) is 11.3 Å². The van der Waals surface area contributed by atoms with Gasteiger partial charge in [-0.05, 0) is 30.2 Å². The Labute approximate surface area is 114 Å². The van der Waals surface area contributed by atoms with Crippen molar-refractivity contribution in [1.29, 1.82) is 0 Å². The number of nitrogens with zero attached hydrogens (tertiary/aromatic N) is 1. The molecule has 3 rings (SSSR count). The van der Waals surface area contributed by atoms with Gasteiger partial charge in [0.05, 0.1) is 17.5 Å². The number of benzene rings is 1. The van der Waals surface area contributed by atoms with Gasteiger partial charge in [0, 0.05) is 11.9 Å². The van der Waals surface area contributed by atoms with Crippen molar-refractivity contribution in [2.24, 2.45) is 11.8 Å². The zero-order valence-corrected chi connectivity index (χ0v) is 10.5. The van der Waals surface area contributed by atoms with E-state index in [4.69, 9.17) is 5.11 Å². The molecular formula is C14H13N3O3. The molecule has 1 heterocycles. The molecule has 0 spiro atoms. The van der Waals surface area contributed by atoms with Crippen molar-refractivity contribution in [1.82, 2.24) is 10.2 Å². The van der Waals surface area contributed by atoms with Crippen molar-refractivity contribution in [2.75, 3.05) is 5.32 Å². The lowest BCUT2D eigenvalue weighted by Crippen LogP contribution is -2.16. The number of aromatic amines is 1. The van der Waals surface area contributed by atoms with Crippen molar-refractivity contribution in [3.05, 3.63) is 36.5 Å². The normalized spacial score (nSPS) is 20.4. The molecule has 0 saturated heterocycles. The zero-order valence-electron chi connectivity index (χ0n) is 10.5. The molecule has 0 bridgehead atoms. The van der Waals surface area contributed by atoms with Gasteiger partial charge in [-0.2, -0.15) is 5.10 Å². The molecule has 2 atom stereocenters. The summed E-state index contributed by atoms with van der Waals surface area (Å²) in [7, 11) is 0. The van der Waals surface area contributed by atoms with E-state index in [0.29, 0.717) is 12.1 Å².